The fraction of sp³-hybridized carbons (Fsp3) is 0.917. The molecule has 0 radical (unpaired) electrons. The standard InChI is InChI=1S/C12H23N3O/c1-13-12(16)14-10-6-8-15(9-7-10)11-4-2-3-5-11/h10-11H,2-9H2,1H3,(H2,13,14,16). The Balaban J connectivity index is 1.71. The number of urea groups is 1. The van der Waals surface area contributed by atoms with Gasteiger partial charge in [0.15, 0.2) is 0 Å². The van der Waals surface area contributed by atoms with Crippen LogP contribution in [0.1, 0.15) is 38.5 Å². The third-order valence-corrected chi connectivity index (χ3v) is 3.93. The second-order valence-electron chi connectivity index (χ2n) is 4.97. The topological polar surface area (TPSA) is 44.4 Å². The Kier molecular flexibility index (Phi) is 4.04. The van der Waals surface area contributed by atoms with E-state index in [0.717, 1.165) is 32.0 Å². The number of nitrogens with zero attached hydrogens (tertiary/aromatic N) is 1. The van der Waals surface area contributed by atoms with E-state index in [4.69, 9.17) is 0 Å². The highest BCUT2D eigenvalue weighted by Crippen LogP contribution is 2.25. The zero-order valence-electron chi connectivity index (χ0n) is 10.2. The smallest absolute Gasteiger partial charge is 0.314 e. The number of rotatable bonds is 2. The molecule has 1 aliphatic carbocycles. The molecule has 0 aromatic carbocycles. The van der Waals surface area contributed by atoms with Crippen molar-refractivity contribution in [2.45, 2.75) is 50.6 Å². The zero-order chi connectivity index (χ0) is 11.4. The molecule has 1 saturated heterocycles. The predicted molar refractivity (Wildman–Crippen MR) is 64.4 cm³/mol. The molecule has 2 aliphatic rings. The molecule has 4 nitrogen and oxygen atoms in total. The third-order valence-electron chi connectivity index (χ3n) is 3.93. The minimum atomic E-state index is -0.0423. The first-order valence-electron chi connectivity index (χ1n) is 6.52. The number of carbonyl (C=O) groups excluding carboxylic acids is 1. The average molecular weight is 225 g/mol. The second kappa shape index (κ2) is 5.53. The van der Waals surface area contributed by atoms with Gasteiger partial charge in [-0.05, 0) is 25.7 Å². The zero-order valence-corrected chi connectivity index (χ0v) is 10.2. The number of hydrogen-bond donors (Lipinski definition) is 2. The Morgan fingerprint density at radius 1 is 1.12 bits per heavy atom. The fourth-order valence-corrected chi connectivity index (χ4v) is 2.94. The van der Waals surface area contributed by atoms with E-state index in [1.807, 2.05) is 0 Å². The van der Waals surface area contributed by atoms with Crippen LogP contribution in [0.4, 0.5) is 4.79 Å². The van der Waals surface area contributed by atoms with Gasteiger partial charge in [0.05, 0.1) is 0 Å². The summed E-state index contributed by atoms with van der Waals surface area (Å²) in [5, 5.41) is 5.62. The normalized spacial score (nSPS) is 24.6. The highest BCUT2D eigenvalue weighted by molar-refractivity contribution is 5.73. The lowest BCUT2D eigenvalue weighted by Crippen LogP contribution is -2.49. The maximum atomic E-state index is 11.2. The molecule has 2 N–H and O–H groups in total. The quantitative estimate of drug-likeness (QED) is 0.744. The maximum absolute atomic E-state index is 11.2. The number of hydrogen-bond acceptors (Lipinski definition) is 2. The van der Waals surface area contributed by atoms with Crippen molar-refractivity contribution in [1.82, 2.24) is 15.5 Å². The molecule has 2 amide bonds. The van der Waals surface area contributed by atoms with Gasteiger partial charge in [-0.2, -0.15) is 0 Å². The number of nitrogens with one attached hydrogen (secondary N) is 2. The van der Waals surface area contributed by atoms with Crippen LogP contribution in [0, 0.1) is 0 Å². The summed E-state index contributed by atoms with van der Waals surface area (Å²) in [5.74, 6) is 0. The largest absolute Gasteiger partial charge is 0.341 e. The molecule has 0 bridgehead atoms. The summed E-state index contributed by atoms with van der Waals surface area (Å²) in [4.78, 5) is 13.8. The van der Waals surface area contributed by atoms with Crippen molar-refractivity contribution >= 4 is 6.03 Å². The molecule has 92 valence electrons. The molecule has 1 aliphatic heterocycles. The van der Waals surface area contributed by atoms with Crippen LogP contribution < -0.4 is 10.6 Å². The van der Waals surface area contributed by atoms with Crippen molar-refractivity contribution in [3.05, 3.63) is 0 Å². The van der Waals surface area contributed by atoms with E-state index in [-0.39, 0.29) is 6.03 Å². The molecule has 2 fully saturated rings. The number of piperidine rings is 1. The van der Waals surface area contributed by atoms with Gasteiger partial charge in [-0.15, -0.1) is 0 Å². The number of amides is 2. The van der Waals surface area contributed by atoms with Gasteiger partial charge in [-0.3, -0.25) is 0 Å². The van der Waals surface area contributed by atoms with Crippen LogP contribution in [0.25, 0.3) is 0 Å². The molecular formula is C12H23N3O. The molecule has 0 aromatic rings. The van der Waals surface area contributed by atoms with Crippen LogP contribution in [-0.2, 0) is 0 Å². The van der Waals surface area contributed by atoms with Crippen molar-refractivity contribution < 1.29 is 4.79 Å². The van der Waals surface area contributed by atoms with E-state index in [1.54, 1.807) is 7.05 Å². The van der Waals surface area contributed by atoms with Crippen molar-refractivity contribution in [2.75, 3.05) is 20.1 Å². The Morgan fingerprint density at radius 2 is 1.75 bits per heavy atom. The van der Waals surface area contributed by atoms with Gasteiger partial charge in [0.2, 0.25) is 0 Å². The molecule has 0 atom stereocenters. The average Bonchev–Trinajstić information content (AvgIpc) is 2.83. The number of carbonyl (C=O) groups is 1. The van der Waals surface area contributed by atoms with Gasteiger partial charge in [0.1, 0.15) is 0 Å². The monoisotopic (exact) mass is 225 g/mol. The first kappa shape index (κ1) is 11.7. The van der Waals surface area contributed by atoms with Gasteiger partial charge < -0.3 is 15.5 Å². The van der Waals surface area contributed by atoms with Crippen molar-refractivity contribution in [3.8, 4) is 0 Å². The molecule has 0 unspecified atom stereocenters. The van der Waals surface area contributed by atoms with Crippen LogP contribution in [0.2, 0.25) is 0 Å². The van der Waals surface area contributed by atoms with Crippen molar-refractivity contribution in [3.63, 3.8) is 0 Å². The first-order valence-corrected chi connectivity index (χ1v) is 6.52. The Bertz CT molecular complexity index is 230. The van der Waals surface area contributed by atoms with E-state index in [0.29, 0.717) is 6.04 Å². The lowest BCUT2D eigenvalue weighted by Gasteiger charge is -2.36. The maximum Gasteiger partial charge on any atom is 0.314 e. The van der Waals surface area contributed by atoms with Crippen LogP contribution in [-0.4, -0.2) is 43.2 Å². The molecular weight excluding hydrogens is 202 g/mol. The van der Waals surface area contributed by atoms with E-state index >= 15 is 0 Å². The Morgan fingerprint density at radius 3 is 2.31 bits per heavy atom. The second-order valence-corrected chi connectivity index (χ2v) is 4.97. The Hall–Kier alpha value is -0.770. The van der Waals surface area contributed by atoms with E-state index < -0.39 is 0 Å². The highest BCUT2D eigenvalue weighted by atomic mass is 16.2. The summed E-state index contributed by atoms with van der Waals surface area (Å²) in [7, 11) is 1.67. The summed E-state index contributed by atoms with van der Waals surface area (Å²) in [5.41, 5.74) is 0. The minimum Gasteiger partial charge on any atom is -0.341 e. The van der Waals surface area contributed by atoms with Crippen LogP contribution in [0.5, 0.6) is 0 Å². The molecule has 2 rings (SSSR count). The Labute approximate surface area is 97.8 Å². The van der Waals surface area contributed by atoms with E-state index in [2.05, 4.69) is 15.5 Å². The van der Waals surface area contributed by atoms with Crippen LogP contribution in [0.3, 0.4) is 0 Å². The predicted octanol–water partition coefficient (Wildman–Crippen LogP) is 1.32. The lowest BCUT2D eigenvalue weighted by atomic mass is 10.0. The van der Waals surface area contributed by atoms with Crippen molar-refractivity contribution in [2.24, 2.45) is 0 Å². The van der Waals surface area contributed by atoms with Gasteiger partial charge in [-0.25, -0.2) is 4.79 Å². The lowest BCUT2D eigenvalue weighted by molar-refractivity contribution is 0.146. The third kappa shape index (κ3) is 2.88. The van der Waals surface area contributed by atoms with E-state index in [9.17, 15) is 4.79 Å². The summed E-state index contributed by atoms with van der Waals surface area (Å²) in [6.45, 7) is 2.30. The summed E-state index contributed by atoms with van der Waals surface area (Å²) < 4.78 is 0. The molecule has 1 saturated carbocycles. The first-order chi connectivity index (χ1) is 7.79. The summed E-state index contributed by atoms with van der Waals surface area (Å²) in [6.07, 6.45) is 7.77. The fourth-order valence-electron chi connectivity index (χ4n) is 2.94. The van der Waals surface area contributed by atoms with Gasteiger partial charge in [0, 0.05) is 32.2 Å². The van der Waals surface area contributed by atoms with Gasteiger partial charge >= 0.3 is 6.03 Å². The van der Waals surface area contributed by atoms with Gasteiger partial charge in [0.25, 0.3) is 0 Å². The summed E-state index contributed by atoms with van der Waals surface area (Å²) >= 11 is 0. The van der Waals surface area contributed by atoms with Crippen LogP contribution in [0.15, 0.2) is 0 Å². The minimum absolute atomic E-state index is 0.0423. The van der Waals surface area contributed by atoms with Gasteiger partial charge in [-0.1, -0.05) is 12.8 Å². The van der Waals surface area contributed by atoms with E-state index in [1.165, 1.54) is 25.7 Å². The van der Waals surface area contributed by atoms with Crippen molar-refractivity contribution in [1.29, 1.82) is 0 Å². The number of likely N-dealkylation sites (tertiary alicyclic amines) is 1. The van der Waals surface area contributed by atoms with Crippen LogP contribution >= 0.6 is 0 Å². The molecule has 4 heteroatoms. The summed E-state index contributed by atoms with van der Waals surface area (Å²) in [6, 6.07) is 1.16. The molecule has 16 heavy (non-hydrogen) atoms. The SMILES string of the molecule is CNC(=O)NC1CCN(C2CCCC2)CC1. The molecule has 1 heterocycles. The molecule has 0 spiro atoms. The molecule has 0 aromatic heterocycles. The highest BCUT2D eigenvalue weighted by Gasteiger charge is 2.27.